The molecule has 1 aliphatic heterocycles. The van der Waals surface area contributed by atoms with E-state index in [1.807, 2.05) is 45.9 Å². The van der Waals surface area contributed by atoms with Gasteiger partial charge in [-0.25, -0.2) is 8.42 Å². The zero-order chi connectivity index (χ0) is 19.2. The van der Waals surface area contributed by atoms with Gasteiger partial charge in [-0.1, -0.05) is 6.07 Å². The van der Waals surface area contributed by atoms with E-state index in [9.17, 15) is 13.2 Å². The number of benzene rings is 2. The van der Waals surface area contributed by atoms with Gasteiger partial charge in [0.1, 0.15) is 0 Å². The first-order valence-electron chi connectivity index (χ1n) is 8.63. The summed E-state index contributed by atoms with van der Waals surface area (Å²) in [5, 5.41) is 0. The van der Waals surface area contributed by atoms with E-state index in [0.29, 0.717) is 17.1 Å². The van der Waals surface area contributed by atoms with Crippen LogP contribution in [0.2, 0.25) is 0 Å². The van der Waals surface area contributed by atoms with E-state index in [0.717, 1.165) is 39.9 Å². The van der Waals surface area contributed by atoms with Crippen molar-refractivity contribution >= 4 is 27.3 Å². The Hall–Kier alpha value is -2.34. The van der Waals surface area contributed by atoms with Crippen molar-refractivity contribution in [2.45, 2.75) is 45.9 Å². The van der Waals surface area contributed by atoms with Gasteiger partial charge in [-0.05, 0) is 80.1 Å². The molecule has 0 aliphatic carbocycles. The van der Waals surface area contributed by atoms with Gasteiger partial charge in [-0.2, -0.15) is 0 Å². The summed E-state index contributed by atoms with van der Waals surface area (Å²) in [4.78, 5) is 13.7. The highest BCUT2D eigenvalue weighted by Crippen LogP contribution is 2.32. The van der Waals surface area contributed by atoms with Gasteiger partial charge >= 0.3 is 0 Å². The molecule has 0 unspecified atom stereocenters. The normalized spacial score (nSPS) is 13.7. The van der Waals surface area contributed by atoms with Crippen molar-refractivity contribution < 1.29 is 13.2 Å². The number of amides is 1. The van der Waals surface area contributed by atoms with Crippen LogP contribution in [0.1, 0.15) is 34.7 Å². The molecular formula is C20H24N2O3S. The van der Waals surface area contributed by atoms with Crippen LogP contribution in [-0.2, 0) is 21.2 Å². The van der Waals surface area contributed by atoms with Crippen LogP contribution in [-0.4, -0.2) is 20.9 Å². The number of anilines is 2. The second-order valence-electron chi connectivity index (χ2n) is 6.96. The van der Waals surface area contributed by atoms with Gasteiger partial charge in [0.15, 0.2) is 0 Å². The van der Waals surface area contributed by atoms with Crippen molar-refractivity contribution in [2.24, 2.45) is 0 Å². The highest BCUT2D eigenvalue weighted by Gasteiger charge is 2.25. The molecule has 0 bridgehead atoms. The number of hydrogen-bond acceptors (Lipinski definition) is 3. The van der Waals surface area contributed by atoms with Crippen molar-refractivity contribution in [3.05, 3.63) is 52.1 Å². The maximum Gasteiger partial charge on any atom is 0.262 e. The van der Waals surface area contributed by atoms with E-state index in [4.69, 9.17) is 0 Å². The Kier molecular flexibility index (Phi) is 4.56. The first kappa shape index (κ1) is 18.5. The number of nitrogens with zero attached hydrogens (tertiary/aromatic N) is 1. The maximum absolute atomic E-state index is 13.0. The van der Waals surface area contributed by atoms with Crippen molar-refractivity contribution in [1.82, 2.24) is 0 Å². The Bertz CT molecular complexity index is 984. The highest BCUT2D eigenvalue weighted by molar-refractivity contribution is 7.92. The molecule has 0 spiro atoms. The summed E-state index contributed by atoms with van der Waals surface area (Å²) in [5.74, 6) is -0.00133. The predicted octanol–water partition coefficient (Wildman–Crippen LogP) is 3.63. The molecule has 2 aromatic carbocycles. The Morgan fingerprint density at radius 2 is 1.65 bits per heavy atom. The lowest BCUT2D eigenvalue weighted by molar-refractivity contribution is -0.116. The Morgan fingerprint density at radius 1 is 1.04 bits per heavy atom. The van der Waals surface area contributed by atoms with Crippen LogP contribution in [0, 0.1) is 27.7 Å². The maximum atomic E-state index is 13.0. The molecule has 6 heteroatoms. The highest BCUT2D eigenvalue weighted by atomic mass is 32.2. The van der Waals surface area contributed by atoms with Crippen LogP contribution >= 0.6 is 0 Å². The molecule has 0 saturated heterocycles. The third-order valence-electron chi connectivity index (χ3n) is 5.17. The van der Waals surface area contributed by atoms with Crippen LogP contribution in [0.15, 0.2) is 29.2 Å². The van der Waals surface area contributed by atoms with Crippen LogP contribution in [0.5, 0.6) is 0 Å². The molecule has 0 radical (unpaired) electrons. The molecule has 0 atom stereocenters. The monoisotopic (exact) mass is 372 g/mol. The molecule has 5 nitrogen and oxygen atoms in total. The summed E-state index contributed by atoms with van der Waals surface area (Å²) < 4.78 is 28.8. The van der Waals surface area contributed by atoms with Crippen LogP contribution in [0.25, 0.3) is 0 Å². The van der Waals surface area contributed by atoms with Crippen LogP contribution in [0.4, 0.5) is 11.4 Å². The van der Waals surface area contributed by atoms with Gasteiger partial charge in [0.05, 0.1) is 4.90 Å². The molecule has 0 saturated carbocycles. The molecule has 1 aliphatic rings. The quantitative estimate of drug-likeness (QED) is 0.895. The standard InChI is InChI=1S/C20H24N2O3S/c1-12-10-13(2)15(4)20(14(12)3)26(24,25)21-18-6-7-19-17(11-18)8-9-22(19)16(5)23/h6-7,10-11,21H,8-9H2,1-5H3. The summed E-state index contributed by atoms with van der Waals surface area (Å²) in [5.41, 5.74) is 5.81. The molecule has 0 fully saturated rings. The fraction of sp³-hybridized carbons (Fsp3) is 0.350. The third-order valence-corrected chi connectivity index (χ3v) is 6.83. The molecule has 26 heavy (non-hydrogen) atoms. The number of fused-ring (bicyclic) bond motifs is 1. The molecular weight excluding hydrogens is 348 g/mol. The summed E-state index contributed by atoms with van der Waals surface area (Å²) in [6, 6.07) is 7.35. The Labute approximate surface area is 155 Å². The van der Waals surface area contributed by atoms with Gasteiger partial charge in [-0.3, -0.25) is 9.52 Å². The van der Waals surface area contributed by atoms with Gasteiger partial charge in [0.2, 0.25) is 5.91 Å². The number of hydrogen-bond donors (Lipinski definition) is 1. The third kappa shape index (κ3) is 3.09. The van der Waals surface area contributed by atoms with E-state index in [1.54, 1.807) is 11.0 Å². The SMILES string of the molecule is CC(=O)N1CCc2cc(NS(=O)(=O)c3c(C)c(C)cc(C)c3C)ccc21. The van der Waals surface area contributed by atoms with Crippen molar-refractivity contribution in [2.75, 3.05) is 16.2 Å². The molecule has 2 aromatic rings. The van der Waals surface area contributed by atoms with E-state index >= 15 is 0 Å². The van der Waals surface area contributed by atoms with Gasteiger partial charge < -0.3 is 4.90 Å². The number of aryl methyl sites for hydroxylation is 2. The minimum Gasteiger partial charge on any atom is -0.312 e. The lowest BCUT2D eigenvalue weighted by atomic mass is 10.0. The average Bonchev–Trinajstić information content (AvgIpc) is 2.96. The smallest absolute Gasteiger partial charge is 0.262 e. The average molecular weight is 372 g/mol. The van der Waals surface area contributed by atoms with E-state index < -0.39 is 10.0 Å². The number of sulfonamides is 1. The van der Waals surface area contributed by atoms with Crippen molar-refractivity contribution in [1.29, 1.82) is 0 Å². The summed E-state index contributed by atoms with van der Waals surface area (Å²) >= 11 is 0. The van der Waals surface area contributed by atoms with Gasteiger partial charge in [0, 0.05) is 24.8 Å². The number of rotatable bonds is 3. The van der Waals surface area contributed by atoms with Crippen LogP contribution in [0.3, 0.4) is 0 Å². The second-order valence-corrected chi connectivity index (χ2v) is 8.58. The minimum atomic E-state index is -3.70. The number of carbonyl (C=O) groups excluding carboxylic acids is 1. The minimum absolute atomic E-state index is 0.00133. The zero-order valence-electron chi connectivity index (χ0n) is 15.8. The molecule has 1 heterocycles. The molecule has 1 amide bonds. The Morgan fingerprint density at radius 3 is 2.23 bits per heavy atom. The fourth-order valence-electron chi connectivity index (χ4n) is 3.58. The second kappa shape index (κ2) is 6.43. The summed E-state index contributed by atoms with van der Waals surface area (Å²) in [7, 11) is -3.70. The number of carbonyl (C=O) groups is 1. The molecule has 1 N–H and O–H groups in total. The topological polar surface area (TPSA) is 66.5 Å². The molecule has 138 valence electrons. The van der Waals surface area contributed by atoms with E-state index in [2.05, 4.69) is 4.72 Å². The van der Waals surface area contributed by atoms with Gasteiger partial charge in [-0.15, -0.1) is 0 Å². The summed E-state index contributed by atoms with van der Waals surface area (Å²) in [6.45, 7) is 9.69. The largest absolute Gasteiger partial charge is 0.312 e. The lowest BCUT2D eigenvalue weighted by Gasteiger charge is -2.18. The van der Waals surface area contributed by atoms with E-state index in [-0.39, 0.29) is 5.91 Å². The van der Waals surface area contributed by atoms with E-state index in [1.165, 1.54) is 6.92 Å². The van der Waals surface area contributed by atoms with Gasteiger partial charge in [0.25, 0.3) is 10.0 Å². The van der Waals surface area contributed by atoms with Crippen LogP contribution < -0.4 is 9.62 Å². The fourth-order valence-corrected chi connectivity index (χ4v) is 5.25. The zero-order valence-corrected chi connectivity index (χ0v) is 16.6. The summed E-state index contributed by atoms with van der Waals surface area (Å²) in [6.07, 6.45) is 0.728. The lowest BCUT2D eigenvalue weighted by Crippen LogP contribution is -2.25. The first-order valence-corrected chi connectivity index (χ1v) is 10.1. The first-order chi connectivity index (χ1) is 12.1. The predicted molar refractivity (Wildman–Crippen MR) is 104 cm³/mol. The van der Waals surface area contributed by atoms with Crippen molar-refractivity contribution in [3.63, 3.8) is 0 Å². The number of nitrogens with one attached hydrogen (secondary N) is 1. The Balaban J connectivity index is 1.99. The van der Waals surface area contributed by atoms with Crippen molar-refractivity contribution in [3.8, 4) is 0 Å². The molecule has 0 aromatic heterocycles. The molecule has 3 rings (SSSR count).